The van der Waals surface area contributed by atoms with Gasteiger partial charge in [0.15, 0.2) is 0 Å². The van der Waals surface area contributed by atoms with Gasteiger partial charge in [-0.15, -0.1) is 0 Å². The van der Waals surface area contributed by atoms with Gasteiger partial charge in [-0.25, -0.2) is 0 Å². The second-order valence-corrected chi connectivity index (χ2v) is 5.14. The van der Waals surface area contributed by atoms with Crippen LogP contribution < -0.4 is 0 Å². The lowest BCUT2D eigenvalue weighted by atomic mass is 9.79. The van der Waals surface area contributed by atoms with Gasteiger partial charge in [0.1, 0.15) is 5.60 Å². The van der Waals surface area contributed by atoms with Gasteiger partial charge >= 0.3 is 5.97 Å². The minimum Gasteiger partial charge on any atom is -0.481 e. The number of rotatable bonds is 2. The van der Waals surface area contributed by atoms with Crippen LogP contribution in [0.5, 0.6) is 0 Å². The summed E-state index contributed by atoms with van der Waals surface area (Å²) in [6.07, 6.45) is 1.54. The lowest BCUT2D eigenvalue weighted by molar-refractivity contribution is -0.155. The van der Waals surface area contributed by atoms with Gasteiger partial charge in [0.05, 0.1) is 17.6 Å². The number of hydrogen-bond acceptors (Lipinski definition) is 3. The summed E-state index contributed by atoms with van der Waals surface area (Å²) in [5, 5.41) is 19.4. The van der Waals surface area contributed by atoms with Crippen molar-refractivity contribution in [1.29, 1.82) is 0 Å². The molecule has 1 unspecified atom stereocenters. The predicted molar refractivity (Wildman–Crippen MR) is 48.9 cm³/mol. The zero-order valence-electron chi connectivity index (χ0n) is 8.54. The number of carbonyl (C=O) groups is 1. The van der Waals surface area contributed by atoms with Crippen molar-refractivity contribution in [3.63, 3.8) is 0 Å². The molecular formula is C10H16O4. The Morgan fingerprint density at radius 3 is 2.21 bits per heavy atom. The molecule has 1 saturated carbocycles. The van der Waals surface area contributed by atoms with E-state index in [9.17, 15) is 9.90 Å². The molecule has 0 aromatic heterocycles. The molecule has 2 fully saturated rings. The average molecular weight is 200 g/mol. The van der Waals surface area contributed by atoms with E-state index in [2.05, 4.69) is 0 Å². The predicted octanol–water partition coefficient (Wildman–Crippen LogP) is 0.781. The molecule has 14 heavy (non-hydrogen) atoms. The normalized spacial score (nSPS) is 38.2. The molecule has 4 nitrogen and oxygen atoms in total. The monoisotopic (exact) mass is 200 g/mol. The van der Waals surface area contributed by atoms with E-state index in [1.165, 1.54) is 0 Å². The minimum atomic E-state index is -1.16. The number of ether oxygens (including phenoxy) is 1. The molecule has 1 aliphatic carbocycles. The fraction of sp³-hybridized carbons (Fsp3) is 0.900. The van der Waals surface area contributed by atoms with Gasteiger partial charge in [-0.3, -0.25) is 4.79 Å². The molecule has 1 aliphatic heterocycles. The maximum atomic E-state index is 11.1. The fourth-order valence-corrected chi connectivity index (χ4v) is 2.43. The van der Waals surface area contributed by atoms with Crippen molar-refractivity contribution < 1.29 is 19.7 Å². The third kappa shape index (κ3) is 1.17. The van der Waals surface area contributed by atoms with E-state index >= 15 is 0 Å². The van der Waals surface area contributed by atoms with Crippen LogP contribution in [0.25, 0.3) is 0 Å². The Labute approximate surface area is 82.9 Å². The second-order valence-electron chi connectivity index (χ2n) is 5.14. The first-order chi connectivity index (χ1) is 6.31. The van der Waals surface area contributed by atoms with Crippen molar-refractivity contribution in [2.45, 2.75) is 44.3 Å². The second kappa shape index (κ2) is 2.49. The van der Waals surface area contributed by atoms with Crippen molar-refractivity contribution in [2.75, 3.05) is 6.61 Å². The van der Waals surface area contributed by atoms with Crippen LogP contribution in [0.3, 0.4) is 0 Å². The molecule has 1 saturated heterocycles. The van der Waals surface area contributed by atoms with E-state index in [1.54, 1.807) is 0 Å². The first-order valence-electron chi connectivity index (χ1n) is 4.91. The Bertz CT molecular complexity index is 280. The smallest absolute Gasteiger partial charge is 0.312 e. The zero-order chi connectivity index (χ0) is 10.6. The number of hydrogen-bond donors (Lipinski definition) is 2. The summed E-state index contributed by atoms with van der Waals surface area (Å²) in [5.74, 6) is -0.888. The van der Waals surface area contributed by atoms with Crippen molar-refractivity contribution >= 4 is 5.97 Å². The Morgan fingerprint density at radius 1 is 1.36 bits per heavy atom. The van der Waals surface area contributed by atoms with Gasteiger partial charge in [0.25, 0.3) is 0 Å². The summed E-state index contributed by atoms with van der Waals surface area (Å²) in [5.41, 5.74) is -2.50. The summed E-state index contributed by atoms with van der Waals surface area (Å²) in [7, 11) is 0. The molecule has 0 amide bonds. The van der Waals surface area contributed by atoms with Crippen molar-refractivity contribution in [2.24, 2.45) is 5.41 Å². The highest BCUT2D eigenvalue weighted by Gasteiger charge is 2.67. The Morgan fingerprint density at radius 2 is 1.93 bits per heavy atom. The number of aliphatic carboxylic acids is 1. The topological polar surface area (TPSA) is 66.8 Å². The Hall–Kier alpha value is -0.610. The van der Waals surface area contributed by atoms with Crippen molar-refractivity contribution in [3.05, 3.63) is 0 Å². The van der Waals surface area contributed by atoms with Gasteiger partial charge in [-0.1, -0.05) is 0 Å². The van der Waals surface area contributed by atoms with Crippen LogP contribution in [0.4, 0.5) is 0 Å². The highest BCUT2D eigenvalue weighted by Crippen LogP contribution is 2.59. The third-order valence-corrected chi connectivity index (χ3v) is 3.47. The van der Waals surface area contributed by atoms with E-state index in [4.69, 9.17) is 9.84 Å². The average Bonchev–Trinajstić information content (AvgIpc) is 2.76. The van der Waals surface area contributed by atoms with Crippen molar-refractivity contribution in [3.8, 4) is 0 Å². The van der Waals surface area contributed by atoms with E-state index in [1.807, 2.05) is 13.8 Å². The summed E-state index contributed by atoms with van der Waals surface area (Å²) < 4.78 is 5.42. The van der Waals surface area contributed by atoms with Gasteiger partial charge < -0.3 is 14.9 Å². The lowest BCUT2D eigenvalue weighted by Gasteiger charge is -2.28. The van der Waals surface area contributed by atoms with E-state index in [0.717, 1.165) is 0 Å². The lowest BCUT2D eigenvalue weighted by Crippen LogP contribution is -2.45. The van der Waals surface area contributed by atoms with Gasteiger partial charge in [-0.05, 0) is 26.7 Å². The van der Waals surface area contributed by atoms with Gasteiger partial charge in [0.2, 0.25) is 0 Å². The fourth-order valence-electron chi connectivity index (χ4n) is 2.43. The van der Waals surface area contributed by atoms with Gasteiger partial charge in [-0.2, -0.15) is 0 Å². The molecule has 0 spiro atoms. The minimum absolute atomic E-state index is 0.145. The molecule has 0 aromatic carbocycles. The summed E-state index contributed by atoms with van der Waals surface area (Å²) in [6.45, 7) is 3.90. The number of carboxylic acid groups (broad SMARTS) is 1. The molecule has 80 valence electrons. The van der Waals surface area contributed by atoms with E-state index in [-0.39, 0.29) is 6.61 Å². The van der Waals surface area contributed by atoms with Crippen molar-refractivity contribution in [1.82, 2.24) is 0 Å². The summed E-state index contributed by atoms with van der Waals surface area (Å²) in [4.78, 5) is 11.1. The molecular weight excluding hydrogens is 184 g/mol. The van der Waals surface area contributed by atoms with Crippen LogP contribution in [0.1, 0.15) is 33.1 Å². The number of aliphatic hydroxyl groups is 1. The number of carboxylic acids is 1. The van der Waals surface area contributed by atoms with Crippen LogP contribution in [0.15, 0.2) is 0 Å². The molecule has 0 bridgehead atoms. The maximum absolute atomic E-state index is 11.1. The highest BCUT2D eigenvalue weighted by molar-refractivity contribution is 5.79. The quantitative estimate of drug-likeness (QED) is 0.691. The van der Waals surface area contributed by atoms with Gasteiger partial charge in [0, 0.05) is 6.42 Å². The molecule has 4 heteroatoms. The molecule has 0 radical (unpaired) electrons. The maximum Gasteiger partial charge on any atom is 0.312 e. The Kier molecular flexibility index (Phi) is 1.77. The largest absolute Gasteiger partial charge is 0.481 e. The molecule has 1 atom stereocenters. The third-order valence-electron chi connectivity index (χ3n) is 3.47. The summed E-state index contributed by atoms with van der Waals surface area (Å²) >= 11 is 0. The van der Waals surface area contributed by atoms with Crippen LogP contribution >= 0.6 is 0 Å². The summed E-state index contributed by atoms with van der Waals surface area (Å²) in [6, 6.07) is 0. The Balaban J connectivity index is 2.23. The highest BCUT2D eigenvalue weighted by atomic mass is 16.5. The SMILES string of the molecule is CC1(C)CC(O)(C2(C(=O)O)CC2)CO1. The van der Waals surface area contributed by atoms with Crippen LogP contribution in [-0.4, -0.2) is 34.0 Å². The molecule has 0 aromatic rings. The molecule has 1 heterocycles. The van der Waals surface area contributed by atoms with Crippen LogP contribution in [0, 0.1) is 5.41 Å². The molecule has 2 N–H and O–H groups in total. The standard InChI is InChI=1S/C10H16O4/c1-8(2)5-10(13,6-14-8)9(3-4-9)7(11)12/h13H,3-6H2,1-2H3,(H,11,12). The molecule has 2 aliphatic rings. The van der Waals surface area contributed by atoms with E-state index < -0.39 is 22.6 Å². The first-order valence-corrected chi connectivity index (χ1v) is 4.91. The van der Waals surface area contributed by atoms with Crippen LogP contribution in [0.2, 0.25) is 0 Å². The van der Waals surface area contributed by atoms with Crippen LogP contribution in [-0.2, 0) is 9.53 Å². The van der Waals surface area contributed by atoms with E-state index in [0.29, 0.717) is 19.3 Å². The first kappa shape index (κ1) is 9.93. The zero-order valence-corrected chi connectivity index (χ0v) is 8.54. The molecule has 2 rings (SSSR count).